The molecule has 0 aliphatic carbocycles. The molecule has 0 saturated heterocycles. The smallest absolute Gasteiger partial charge is 0.126 e. The van der Waals surface area contributed by atoms with E-state index in [1.54, 1.807) is 13.4 Å². The lowest BCUT2D eigenvalue weighted by atomic mass is 9.92. The Balaban J connectivity index is 0.00000192. The van der Waals surface area contributed by atoms with Crippen molar-refractivity contribution >= 4 is 12.4 Å². The van der Waals surface area contributed by atoms with E-state index >= 15 is 0 Å². The lowest BCUT2D eigenvalue weighted by Gasteiger charge is -2.29. The first-order valence-corrected chi connectivity index (χ1v) is 7.78. The van der Waals surface area contributed by atoms with Gasteiger partial charge in [0.2, 0.25) is 0 Å². The summed E-state index contributed by atoms with van der Waals surface area (Å²) in [4.78, 5) is 2.37. The Hall–Kier alpha value is -1.65. The second-order valence-corrected chi connectivity index (χ2v) is 5.83. The zero-order valence-corrected chi connectivity index (χ0v) is 14.5. The Morgan fingerprint density at radius 1 is 1.30 bits per heavy atom. The molecule has 126 valence electrons. The summed E-state index contributed by atoms with van der Waals surface area (Å²) < 4.78 is 16.5. The van der Waals surface area contributed by atoms with Gasteiger partial charge in [-0.1, -0.05) is 6.07 Å². The van der Waals surface area contributed by atoms with Gasteiger partial charge in [0.05, 0.1) is 20.0 Å². The van der Waals surface area contributed by atoms with Gasteiger partial charge in [0.15, 0.2) is 0 Å². The Morgan fingerprint density at radius 3 is 2.91 bits per heavy atom. The highest BCUT2D eigenvalue weighted by molar-refractivity contribution is 5.85. The highest BCUT2D eigenvalue weighted by Crippen LogP contribution is 2.36. The molecule has 0 radical (unpaired) electrons. The topological polar surface area (TPSA) is 34.8 Å². The number of furan rings is 1. The number of methoxy groups -OCH3 is 1. The van der Waals surface area contributed by atoms with Crippen molar-refractivity contribution < 1.29 is 13.9 Å². The third kappa shape index (κ3) is 4.43. The zero-order valence-electron chi connectivity index (χ0n) is 13.7. The van der Waals surface area contributed by atoms with Gasteiger partial charge in [-0.05, 0) is 37.2 Å². The van der Waals surface area contributed by atoms with Crippen molar-refractivity contribution in [2.75, 3.05) is 33.9 Å². The average molecular weight is 338 g/mol. The second-order valence-electron chi connectivity index (χ2n) is 5.83. The normalized spacial score (nSPS) is 16.4. The summed E-state index contributed by atoms with van der Waals surface area (Å²) in [5, 5.41) is 0. The third-order valence-corrected chi connectivity index (χ3v) is 4.24. The summed E-state index contributed by atoms with van der Waals surface area (Å²) in [7, 11) is 3.85. The molecule has 2 aromatic rings. The van der Waals surface area contributed by atoms with E-state index < -0.39 is 0 Å². The number of rotatable bonds is 6. The minimum Gasteiger partial charge on any atom is -0.497 e. The van der Waals surface area contributed by atoms with Crippen molar-refractivity contribution in [3.63, 3.8) is 0 Å². The summed E-state index contributed by atoms with van der Waals surface area (Å²) in [6, 6.07) is 10.1. The van der Waals surface area contributed by atoms with Gasteiger partial charge in [-0.15, -0.1) is 12.4 Å². The highest BCUT2D eigenvalue weighted by atomic mass is 35.5. The molecule has 0 bridgehead atoms. The van der Waals surface area contributed by atoms with Gasteiger partial charge in [0.1, 0.15) is 17.3 Å². The van der Waals surface area contributed by atoms with Crippen LogP contribution in [0.4, 0.5) is 0 Å². The molecule has 1 atom stereocenters. The Morgan fingerprint density at radius 2 is 2.17 bits per heavy atom. The van der Waals surface area contributed by atoms with E-state index in [9.17, 15) is 0 Å². The molecule has 4 nitrogen and oxygen atoms in total. The maximum absolute atomic E-state index is 5.78. The fourth-order valence-electron chi connectivity index (χ4n) is 2.98. The first-order valence-electron chi connectivity index (χ1n) is 7.78. The molecule has 1 aliphatic rings. The molecule has 0 fully saturated rings. The SMILES string of the molecule is COc1ccc2c(c1)OCCC2CN(C)CCc1ccco1.Cl. The van der Waals surface area contributed by atoms with Crippen LogP contribution >= 0.6 is 12.4 Å². The third-order valence-electron chi connectivity index (χ3n) is 4.24. The standard InChI is InChI=1S/C18H23NO3.ClH/c1-19(9-7-15-4-3-10-21-15)13-14-8-11-22-18-12-16(20-2)5-6-17(14)18;/h3-6,10,12,14H,7-9,11,13H2,1-2H3;1H. The molecular formula is C18H24ClNO3. The van der Waals surface area contributed by atoms with Crippen molar-refractivity contribution in [2.24, 2.45) is 0 Å². The Bertz CT molecular complexity index is 600. The van der Waals surface area contributed by atoms with Crippen LogP contribution in [0.3, 0.4) is 0 Å². The van der Waals surface area contributed by atoms with Crippen LogP contribution in [-0.2, 0) is 6.42 Å². The average Bonchev–Trinajstić information content (AvgIpc) is 3.06. The molecule has 1 aliphatic heterocycles. The fourth-order valence-corrected chi connectivity index (χ4v) is 2.98. The predicted molar refractivity (Wildman–Crippen MR) is 93.0 cm³/mol. The molecule has 1 unspecified atom stereocenters. The van der Waals surface area contributed by atoms with Gasteiger partial charge in [-0.25, -0.2) is 0 Å². The molecule has 0 spiro atoms. The Kier molecular flexibility index (Phi) is 6.37. The molecule has 0 N–H and O–H groups in total. The van der Waals surface area contributed by atoms with E-state index in [0.717, 1.165) is 49.8 Å². The molecule has 2 heterocycles. The second kappa shape index (κ2) is 8.27. The van der Waals surface area contributed by atoms with Crippen LogP contribution in [0.5, 0.6) is 11.5 Å². The van der Waals surface area contributed by atoms with E-state index in [1.807, 2.05) is 24.3 Å². The van der Waals surface area contributed by atoms with Crippen LogP contribution in [-0.4, -0.2) is 38.8 Å². The van der Waals surface area contributed by atoms with E-state index in [2.05, 4.69) is 18.0 Å². The largest absolute Gasteiger partial charge is 0.497 e. The summed E-state index contributed by atoms with van der Waals surface area (Å²) in [6.45, 7) is 2.80. The molecular weight excluding hydrogens is 314 g/mol. The molecule has 23 heavy (non-hydrogen) atoms. The maximum atomic E-state index is 5.78. The fraction of sp³-hybridized carbons (Fsp3) is 0.444. The lowest BCUT2D eigenvalue weighted by molar-refractivity contribution is 0.230. The number of hydrogen-bond acceptors (Lipinski definition) is 4. The quantitative estimate of drug-likeness (QED) is 0.804. The number of fused-ring (bicyclic) bond motifs is 1. The number of halogens is 1. The van der Waals surface area contributed by atoms with Crippen molar-refractivity contribution in [3.05, 3.63) is 47.9 Å². The van der Waals surface area contributed by atoms with Crippen LogP contribution in [0.25, 0.3) is 0 Å². The summed E-state index contributed by atoms with van der Waals surface area (Å²) in [6.07, 6.45) is 3.74. The molecule has 3 rings (SSSR count). The number of likely N-dealkylation sites (N-methyl/N-ethyl adjacent to an activating group) is 1. The minimum absolute atomic E-state index is 0. The first kappa shape index (κ1) is 17.7. The molecule has 5 heteroatoms. The van der Waals surface area contributed by atoms with E-state index in [0.29, 0.717) is 5.92 Å². The summed E-state index contributed by atoms with van der Waals surface area (Å²) in [5.41, 5.74) is 1.29. The minimum atomic E-state index is 0. The predicted octanol–water partition coefficient (Wildman–Crippen LogP) is 3.75. The molecule has 1 aromatic heterocycles. The van der Waals surface area contributed by atoms with Gasteiger partial charge in [0.25, 0.3) is 0 Å². The van der Waals surface area contributed by atoms with E-state index in [4.69, 9.17) is 13.9 Å². The van der Waals surface area contributed by atoms with Crippen molar-refractivity contribution in [1.29, 1.82) is 0 Å². The molecule has 0 saturated carbocycles. The van der Waals surface area contributed by atoms with Gasteiger partial charge >= 0.3 is 0 Å². The number of hydrogen-bond donors (Lipinski definition) is 0. The summed E-state index contributed by atoms with van der Waals surface area (Å²) in [5.74, 6) is 3.38. The van der Waals surface area contributed by atoms with Crippen molar-refractivity contribution in [2.45, 2.75) is 18.8 Å². The van der Waals surface area contributed by atoms with Gasteiger partial charge in [0, 0.05) is 31.5 Å². The maximum Gasteiger partial charge on any atom is 0.126 e. The highest BCUT2D eigenvalue weighted by Gasteiger charge is 2.23. The van der Waals surface area contributed by atoms with E-state index in [-0.39, 0.29) is 12.4 Å². The van der Waals surface area contributed by atoms with Crippen LogP contribution in [0, 0.1) is 0 Å². The zero-order chi connectivity index (χ0) is 15.4. The molecule has 0 amide bonds. The van der Waals surface area contributed by atoms with E-state index in [1.165, 1.54) is 5.56 Å². The Labute approximate surface area is 143 Å². The van der Waals surface area contributed by atoms with Gasteiger partial charge in [-0.2, -0.15) is 0 Å². The summed E-state index contributed by atoms with van der Waals surface area (Å²) >= 11 is 0. The van der Waals surface area contributed by atoms with Gasteiger partial charge < -0.3 is 18.8 Å². The number of ether oxygens (including phenoxy) is 2. The van der Waals surface area contributed by atoms with Crippen LogP contribution in [0.15, 0.2) is 41.0 Å². The van der Waals surface area contributed by atoms with Crippen molar-refractivity contribution in [1.82, 2.24) is 4.90 Å². The van der Waals surface area contributed by atoms with Gasteiger partial charge in [-0.3, -0.25) is 0 Å². The molecule has 1 aromatic carbocycles. The van der Waals surface area contributed by atoms with Crippen molar-refractivity contribution in [3.8, 4) is 11.5 Å². The van der Waals surface area contributed by atoms with Crippen LogP contribution < -0.4 is 9.47 Å². The first-order chi connectivity index (χ1) is 10.8. The number of nitrogens with zero attached hydrogens (tertiary/aromatic N) is 1. The monoisotopic (exact) mass is 337 g/mol. The number of benzene rings is 1. The van der Waals surface area contributed by atoms with Crippen LogP contribution in [0.1, 0.15) is 23.7 Å². The van der Waals surface area contributed by atoms with Crippen LogP contribution in [0.2, 0.25) is 0 Å². The lowest BCUT2D eigenvalue weighted by Crippen LogP contribution is -2.29.